The number of nitrogens with zero attached hydrogens (tertiary/aromatic N) is 2. The second-order valence-corrected chi connectivity index (χ2v) is 2.22. The Kier molecular flexibility index (Phi) is 1.21. The van der Waals surface area contributed by atoms with E-state index >= 15 is 0 Å². The lowest BCUT2D eigenvalue weighted by Crippen LogP contribution is -2.12. The third-order valence-electron chi connectivity index (χ3n) is 1.40. The molecule has 1 amide bonds. The summed E-state index contributed by atoms with van der Waals surface area (Å²) >= 11 is 0. The van der Waals surface area contributed by atoms with Gasteiger partial charge in [0.25, 0.3) is 0 Å². The van der Waals surface area contributed by atoms with Crippen molar-refractivity contribution < 1.29 is 4.79 Å². The Morgan fingerprint density at radius 2 is 2.45 bits per heavy atom. The largest absolute Gasteiger partial charge is 0.321 e. The van der Waals surface area contributed by atoms with Gasteiger partial charge in [-0.1, -0.05) is 0 Å². The second-order valence-electron chi connectivity index (χ2n) is 2.22. The van der Waals surface area contributed by atoms with Crippen molar-refractivity contribution in [3.63, 3.8) is 0 Å². The molecule has 2 N–H and O–H groups in total. The summed E-state index contributed by atoms with van der Waals surface area (Å²) in [5, 5.41) is 9.10. The number of carbonyl (C=O) groups excluding carboxylic acids is 1. The maximum absolute atomic E-state index is 10.9. The molecule has 2 heterocycles. The molecule has 0 saturated heterocycles. The fraction of sp³-hybridized carbons (Fsp3) is 0.167. The molecule has 1 aliphatic heterocycles. The zero-order valence-electron chi connectivity index (χ0n) is 5.66. The Labute approximate surface area is 62.5 Å². The van der Waals surface area contributed by atoms with Crippen molar-refractivity contribution in [3.05, 3.63) is 11.9 Å². The number of anilines is 1. The van der Waals surface area contributed by atoms with Crippen LogP contribution in [0.25, 0.3) is 0 Å². The van der Waals surface area contributed by atoms with Crippen molar-refractivity contribution in [2.45, 2.75) is 0 Å². The van der Waals surface area contributed by atoms with Gasteiger partial charge in [0, 0.05) is 6.21 Å². The van der Waals surface area contributed by atoms with Crippen molar-refractivity contribution in [2.75, 3.05) is 11.9 Å². The Morgan fingerprint density at radius 1 is 1.55 bits per heavy atom. The molecule has 56 valence electrons. The van der Waals surface area contributed by atoms with Crippen LogP contribution in [0, 0.1) is 0 Å². The molecule has 0 atom stereocenters. The molecule has 0 unspecified atom stereocenters. The average Bonchev–Trinajstić information content (AvgIpc) is 2.31. The lowest BCUT2D eigenvalue weighted by Gasteiger charge is -1.95. The molecule has 2 rings (SSSR count). The predicted molar refractivity (Wildman–Crippen MR) is 39.7 cm³/mol. The predicted octanol–water partition coefficient (Wildman–Crippen LogP) is -0.219. The SMILES string of the molecule is O=C1CN=Cc2[nH]ncc2N1. The number of fused-ring (bicyclic) bond motifs is 1. The number of rotatable bonds is 0. The third-order valence-corrected chi connectivity index (χ3v) is 1.40. The fourth-order valence-corrected chi connectivity index (χ4v) is 0.904. The summed E-state index contributed by atoms with van der Waals surface area (Å²) < 4.78 is 0. The maximum atomic E-state index is 10.9. The van der Waals surface area contributed by atoms with E-state index in [-0.39, 0.29) is 12.5 Å². The molecule has 0 spiro atoms. The highest BCUT2D eigenvalue weighted by molar-refractivity contribution is 6.00. The van der Waals surface area contributed by atoms with Gasteiger partial charge in [-0.05, 0) is 0 Å². The molecule has 0 aliphatic carbocycles. The van der Waals surface area contributed by atoms with Crippen LogP contribution in [-0.2, 0) is 4.79 Å². The van der Waals surface area contributed by atoms with E-state index in [1.807, 2.05) is 0 Å². The van der Waals surface area contributed by atoms with Gasteiger partial charge in [0.1, 0.15) is 6.54 Å². The van der Waals surface area contributed by atoms with Crippen LogP contribution in [0.4, 0.5) is 5.69 Å². The van der Waals surface area contributed by atoms with E-state index in [1.54, 1.807) is 12.4 Å². The van der Waals surface area contributed by atoms with Gasteiger partial charge in [0.05, 0.1) is 17.6 Å². The molecule has 0 aromatic carbocycles. The number of H-pyrrole nitrogens is 1. The van der Waals surface area contributed by atoms with Crippen molar-refractivity contribution in [3.8, 4) is 0 Å². The maximum Gasteiger partial charge on any atom is 0.246 e. The Morgan fingerprint density at radius 3 is 3.36 bits per heavy atom. The van der Waals surface area contributed by atoms with Gasteiger partial charge in [-0.15, -0.1) is 0 Å². The number of nitrogens with one attached hydrogen (secondary N) is 2. The number of amides is 1. The standard InChI is InChI=1S/C6H6N4O/c11-6-3-7-1-5-4(9-6)2-8-10-5/h1-2H,3H2,(H,8,10)(H,9,11). The minimum Gasteiger partial charge on any atom is -0.321 e. The molecule has 0 saturated carbocycles. The molecule has 5 nitrogen and oxygen atoms in total. The van der Waals surface area contributed by atoms with Crippen molar-refractivity contribution in [2.24, 2.45) is 4.99 Å². The van der Waals surface area contributed by atoms with Crippen molar-refractivity contribution in [1.29, 1.82) is 0 Å². The van der Waals surface area contributed by atoms with E-state index in [0.717, 1.165) is 5.69 Å². The lowest BCUT2D eigenvalue weighted by molar-refractivity contribution is -0.114. The summed E-state index contributed by atoms with van der Waals surface area (Å²) in [6, 6.07) is 0. The first kappa shape index (κ1) is 6.09. The monoisotopic (exact) mass is 150 g/mol. The van der Waals surface area contributed by atoms with Crippen LogP contribution in [0.15, 0.2) is 11.2 Å². The van der Waals surface area contributed by atoms with E-state index in [9.17, 15) is 4.79 Å². The van der Waals surface area contributed by atoms with Gasteiger partial charge in [-0.3, -0.25) is 14.9 Å². The van der Waals surface area contributed by atoms with Crippen LogP contribution in [0.2, 0.25) is 0 Å². The van der Waals surface area contributed by atoms with Gasteiger partial charge >= 0.3 is 0 Å². The topological polar surface area (TPSA) is 70.1 Å². The minimum atomic E-state index is -0.110. The van der Waals surface area contributed by atoms with E-state index in [1.165, 1.54) is 0 Å². The fourth-order valence-electron chi connectivity index (χ4n) is 0.904. The summed E-state index contributed by atoms with van der Waals surface area (Å²) in [5.74, 6) is -0.110. The molecule has 11 heavy (non-hydrogen) atoms. The number of aromatic amines is 1. The quantitative estimate of drug-likeness (QED) is 0.536. The molecule has 0 radical (unpaired) electrons. The zero-order valence-corrected chi connectivity index (χ0v) is 5.66. The van der Waals surface area contributed by atoms with Crippen LogP contribution in [0.3, 0.4) is 0 Å². The van der Waals surface area contributed by atoms with E-state index < -0.39 is 0 Å². The van der Waals surface area contributed by atoms with Gasteiger partial charge in [-0.25, -0.2) is 0 Å². The molecule has 5 heteroatoms. The molecular weight excluding hydrogens is 144 g/mol. The molecular formula is C6H6N4O. The summed E-state index contributed by atoms with van der Waals surface area (Å²) in [4.78, 5) is 14.7. The second kappa shape index (κ2) is 2.19. The van der Waals surface area contributed by atoms with Gasteiger partial charge < -0.3 is 5.32 Å². The van der Waals surface area contributed by atoms with Gasteiger partial charge in [0.15, 0.2) is 0 Å². The molecule has 1 aromatic rings. The lowest BCUT2D eigenvalue weighted by atomic mass is 10.4. The number of hydrogen-bond donors (Lipinski definition) is 2. The third kappa shape index (κ3) is 1.000. The van der Waals surface area contributed by atoms with E-state index in [2.05, 4.69) is 20.5 Å². The first-order chi connectivity index (χ1) is 5.36. The van der Waals surface area contributed by atoms with Crippen LogP contribution < -0.4 is 5.32 Å². The molecule has 1 aliphatic rings. The highest BCUT2D eigenvalue weighted by Crippen LogP contribution is 2.10. The molecule has 1 aromatic heterocycles. The van der Waals surface area contributed by atoms with Crippen LogP contribution in [-0.4, -0.2) is 28.9 Å². The van der Waals surface area contributed by atoms with Crippen molar-refractivity contribution >= 4 is 17.8 Å². The van der Waals surface area contributed by atoms with Gasteiger partial charge in [0.2, 0.25) is 5.91 Å². The van der Waals surface area contributed by atoms with Crippen LogP contribution >= 0.6 is 0 Å². The number of carbonyl (C=O) groups is 1. The Bertz CT molecular complexity index is 314. The molecule has 0 fully saturated rings. The Balaban J connectivity index is 2.44. The van der Waals surface area contributed by atoms with Crippen molar-refractivity contribution in [1.82, 2.24) is 10.2 Å². The van der Waals surface area contributed by atoms with Crippen LogP contribution in [0.1, 0.15) is 5.69 Å². The smallest absolute Gasteiger partial charge is 0.246 e. The highest BCUT2D eigenvalue weighted by Gasteiger charge is 2.09. The highest BCUT2D eigenvalue weighted by atomic mass is 16.1. The van der Waals surface area contributed by atoms with Crippen LogP contribution in [0.5, 0.6) is 0 Å². The average molecular weight is 150 g/mol. The molecule has 0 bridgehead atoms. The number of hydrogen-bond acceptors (Lipinski definition) is 3. The summed E-state index contributed by atoms with van der Waals surface area (Å²) in [6.45, 7) is 0.183. The van der Waals surface area contributed by atoms with E-state index in [4.69, 9.17) is 0 Å². The first-order valence-corrected chi connectivity index (χ1v) is 3.19. The summed E-state index contributed by atoms with van der Waals surface area (Å²) in [6.07, 6.45) is 3.16. The number of aromatic nitrogens is 2. The first-order valence-electron chi connectivity index (χ1n) is 3.19. The number of aliphatic imine (C=N–C) groups is 1. The van der Waals surface area contributed by atoms with E-state index in [0.29, 0.717) is 5.69 Å². The minimum absolute atomic E-state index is 0.110. The zero-order chi connectivity index (χ0) is 7.68. The van der Waals surface area contributed by atoms with Gasteiger partial charge in [-0.2, -0.15) is 5.10 Å². The normalized spacial score (nSPS) is 15.5. The summed E-state index contributed by atoms with van der Waals surface area (Å²) in [5.41, 5.74) is 1.44. The summed E-state index contributed by atoms with van der Waals surface area (Å²) in [7, 11) is 0. The Hall–Kier alpha value is -1.65.